The van der Waals surface area contributed by atoms with Gasteiger partial charge in [0.25, 0.3) is 5.91 Å². The lowest BCUT2D eigenvalue weighted by atomic mass is 9.92. The van der Waals surface area contributed by atoms with Crippen LogP contribution in [0.1, 0.15) is 137 Å². The van der Waals surface area contributed by atoms with E-state index in [-0.39, 0.29) is 31.2 Å². The fourth-order valence-electron chi connectivity index (χ4n) is 6.13. The van der Waals surface area contributed by atoms with Crippen LogP contribution in [0.15, 0.2) is 23.8 Å². The SMILES string of the molecule is CCCCCC[C@H]1OC(=O)[C@@H](C)C[C@H](C)CCCCC(=O)CCC[C@@H](CC)/C=C/C=C(\COC)CC[C@@H](O)[C@@H](O)C[C@H](O)CNC1=O. The molecular formula is C38H67NO8. The topological polar surface area (TPSA) is 142 Å². The van der Waals surface area contributed by atoms with Gasteiger partial charge >= 0.3 is 5.97 Å². The number of rotatable bonds is 8. The number of cyclic esters (lactones) is 1. The standard InChI is InChI=1S/C38H67NO8/c1-6-8-9-10-21-36-37(44)39-26-33(41)25-35(43)34(42)23-22-31(27-46-5)18-13-16-30(7-2)17-14-20-32(40)19-12-11-15-28(3)24-29(4)38(45)47-36/h13,16,18,28-30,33-36,41-43H,6-12,14-15,17,19-27H2,1-5H3,(H,39,44)/b16-13+,31-18-/t28-,29+,30+,33+,34-,35+,36-/m1/s1. The summed E-state index contributed by atoms with van der Waals surface area (Å²) in [5.74, 6) is -0.280. The van der Waals surface area contributed by atoms with Crippen LogP contribution in [0.2, 0.25) is 0 Å². The Morgan fingerprint density at radius 2 is 1.64 bits per heavy atom. The third-order valence-electron chi connectivity index (χ3n) is 9.26. The molecular weight excluding hydrogens is 598 g/mol. The van der Waals surface area contributed by atoms with Crippen molar-refractivity contribution < 1.29 is 39.2 Å². The predicted molar refractivity (Wildman–Crippen MR) is 187 cm³/mol. The van der Waals surface area contributed by atoms with E-state index in [0.717, 1.165) is 69.8 Å². The van der Waals surface area contributed by atoms with Crippen LogP contribution in [0.5, 0.6) is 0 Å². The van der Waals surface area contributed by atoms with Crippen LogP contribution in [-0.4, -0.2) is 77.7 Å². The van der Waals surface area contributed by atoms with Crippen molar-refractivity contribution in [1.82, 2.24) is 5.32 Å². The number of carbonyl (C=O) groups is 3. The number of allylic oxidation sites excluding steroid dienone is 3. The molecule has 7 atom stereocenters. The van der Waals surface area contributed by atoms with E-state index in [1.54, 1.807) is 7.11 Å². The first-order valence-electron chi connectivity index (χ1n) is 18.4. The van der Waals surface area contributed by atoms with Crippen molar-refractivity contribution in [2.75, 3.05) is 20.3 Å². The average Bonchev–Trinajstić information content (AvgIpc) is 3.04. The lowest BCUT2D eigenvalue weighted by Crippen LogP contribution is -2.43. The average molecular weight is 666 g/mol. The number of amides is 1. The molecule has 0 saturated carbocycles. The molecule has 0 fully saturated rings. The maximum absolute atomic E-state index is 13.1. The number of ether oxygens (including phenoxy) is 2. The molecule has 47 heavy (non-hydrogen) atoms. The molecule has 272 valence electrons. The summed E-state index contributed by atoms with van der Waals surface area (Å²) < 4.78 is 11.1. The summed E-state index contributed by atoms with van der Waals surface area (Å²) in [4.78, 5) is 38.7. The second kappa shape index (κ2) is 25.9. The van der Waals surface area contributed by atoms with E-state index >= 15 is 0 Å². The van der Waals surface area contributed by atoms with Gasteiger partial charge in [-0.1, -0.05) is 78.0 Å². The minimum Gasteiger partial charge on any atom is -0.452 e. The van der Waals surface area contributed by atoms with Crippen LogP contribution < -0.4 is 5.32 Å². The fourth-order valence-corrected chi connectivity index (χ4v) is 6.13. The monoisotopic (exact) mass is 665 g/mol. The maximum Gasteiger partial charge on any atom is 0.309 e. The van der Waals surface area contributed by atoms with Gasteiger partial charge in [-0.2, -0.15) is 0 Å². The highest BCUT2D eigenvalue weighted by molar-refractivity contribution is 5.84. The molecule has 1 rings (SSSR count). The second-order valence-corrected chi connectivity index (χ2v) is 13.8. The summed E-state index contributed by atoms with van der Waals surface area (Å²) in [5, 5.41) is 34.5. The number of hydrogen-bond acceptors (Lipinski definition) is 8. The van der Waals surface area contributed by atoms with Gasteiger partial charge in [0.1, 0.15) is 5.78 Å². The molecule has 9 heteroatoms. The van der Waals surface area contributed by atoms with E-state index < -0.39 is 36.3 Å². The lowest BCUT2D eigenvalue weighted by molar-refractivity contribution is -0.160. The van der Waals surface area contributed by atoms with E-state index in [0.29, 0.717) is 50.4 Å². The van der Waals surface area contributed by atoms with Crippen molar-refractivity contribution in [3.05, 3.63) is 23.8 Å². The number of nitrogens with one attached hydrogen (secondary N) is 1. The Kier molecular flexibility index (Phi) is 23.7. The highest BCUT2D eigenvalue weighted by Crippen LogP contribution is 2.22. The van der Waals surface area contributed by atoms with Crippen LogP contribution in [0, 0.1) is 17.8 Å². The predicted octanol–water partition coefficient (Wildman–Crippen LogP) is 6.37. The molecule has 0 aromatic heterocycles. The molecule has 1 amide bonds. The third-order valence-corrected chi connectivity index (χ3v) is 9.26. The van der Waals surface area contributed by atoms with Crippen molar-refractivity contribution in [3.8, 4) is 0 Å². The molecule has 0 aromatic carbocycles. The maximum atomic E-state index is 13.1. The fraction of sp³-hybridized carbons (Fsp3) is 0.816. The van der Waals surface area contributed by atoms with Gasteiger partial charge in [0, 0.05) is 32.9 Å². The summed E-state index contributed by atoms with van der Waals surface area (Å²) in [5.41, 5.74) is 0.976. The molecule has 1 heterocycles. The lowest BCUT2D eigenvalue weighted by Gasteiger charge is -2.23. The summed E-state index contributed by atoms with van der Waals surface area (Å²) in [6, 6.07) is 0. The first-order valence-corrected chi connectivity index (χ1v) is 18.4. The molecule has 0 saturated heterocycles. The van der Waals surface area contributed by atoms with Gasteiger partial charge < -0.3 is 30.1 Å². The van der Waals surface area contributed by atoms with Crippen LogP contribution in [0.3, 0.4) is 0 Å². The van der Waals surface area contributed by atoms with E-state index in [1.807, 2.05) is 19.1 Å². The van der Waals surface area contributed by atoms with Crippen molar-refractivity contribution in [2.24, 2.45) is 17.8 Å². The summed E-state index contributed by atoms with van der Waals surface area (Å²) in [6.07, 6.45) is 14.0. The Labute approximate surface area is 285 Å². The van der Waals surface area contributed by atoms with Crippen molar-refractivity contribution in [2.45, 2.75) is 161 Å². The molecule has 0 spiro atoms. The summed E-state index contributed by atoms with van der Waals surface area (Å²) in [6.45, 7) is 8.46. The molecule has 4 N–H and O–H groups in total. The van der Waals surface area contributed by atoms with Crippen LogP contribution in [-0.2, 0) is 23.9 Å². The largest absolute Gasteiger partial charge is 0.452 e. The molecule has 1 aliphatic heterocycles. The first-order chi connectivity index (χ1) is 22.5. The van der Waals surface area contributed by atoms with E-state index in [4.69, 9.17) is 9.47 Å². The van der Waals surface area contributed by atoms with Gasteiger partial charge in [0.15, 0.2) is 6.10 Å². The van der Waals surface area contributed by atoms with Crippen LogP contribution >= 0.6 is 0 Å². The van der Waals surface area contributed by atoms with Gasteiger partial charge in [-0.05, 0) is 75.2 Å². The number of methoxy groups -OCH3 is 1. The molecule has 9 nitrogen and oxygen atoms in total. The number of ketones is 1. The molecule has 0 bridgehead atoms. The van der Waals surface area contributed by atoms with Crippen LogP contribution in [0.25, 0.3) is 0 Å². The van der Waals surface area contributed by atoms with Gasteiger partial charge in [-0.25, -0.2) is 0 Å². The normalized spacial score (nSPS) is 31.4. The second-order valence-electron chi connectivity index (χ2n) is 13.8. The number of carbonyl (C=O) groups excluding carboxylic acids is 3. The molecule has 1 aliphatic rings. The number of esters is 1. The van der Waals surface area contributed by atoms with Gasteiger partial charge in [0.05, 0.1) is 30.8 Å². The number of aliphatic hydroxyl groups is 3. The molecule has 0 unspecified atom stereocenters. The molecule has 0 radical (unpaired) electrons. The number of unbranched alkanes of at least 4 members (excludes halogenated alkanes) is 3. The Morgan fingerprint density at radius 1 is 0.894 bits per heavy atom. The molecule has 0 aromatic rings. The smallest absolute Gasteiger partial charge is 0.309 e. The zero-order valence-electron chi connectivity index (χ0n) is 30.1. The highest BCUT2D eigenvalue weighted by atomic mass is 16.5. The minimum atomic E-state index is -1.18. The van der Waals surface area contributed by atoms with E-state index in [2.05, 4.69) is 32.2 Å². The summed E-state index contributed by atoms with van der Waals surface area (Å²) in [7, 11) is 1.61. The van der Waals surface area contributed by atoms with Gasteiger partial charge in [0.2, 0.25) is 0 Å². The Balaban J connectivity index is 3.00. The Hall–Kier alpha value is -2.07. The highest BCUT2D eigenvalue weighted by Gasteiger charge is 2.27. The third kappa shape index (κ3) is 20.1. The number of aliphatic hydroxyl groups excluding tert-OH is 3. The van der Waals surface area contributed by atoms with Crippen molar-refractivity contribution in [3.63, 3.8) is 0 Å². The zero-order valence-corrected chi connectivity index (χ0v) is 30.1. The van der Waals surface area contributed by atoms with E-state index in [9.17, 15) is 29.7 Å². The minimum absolute atomic E-state index is 0.110. The Bertz CT molecular complexity index is 935. The number of hydrogen-bond donors (Lipinski definition) is 4. The number of β-amino-alcohol motifs (C(OH)–C–C–N with tert-alkyl or cyclic N) is 1. The van der Waals surface area contributed by atoms with Crippen LogP contribution in [0.4, 0.5) is 0 Å². The van der Waals surface area contributed by atoms with E-state index in [1.165, 1.54) is 0 Å². The quantitative estimate of drug-likeness (QED) is 0.173. The van der Waals surface area contributed by atoms with Gasteiger partial charge in [-0.3, -0.25) is 14.4 Å². The van der Waals surface area contributed by atoms with Crippen molar-refractivity contribution in [1.29, 1.82) is 0 Å². The zero-order chi connectivity index (χ0) is 35.0. The van der Waals surface area contributed by atoms with Gasteiger partial charge in [-0.15, -0.1) is 0 Å². The number of Topliss-reactive ketones (excluding diaryl/α,β-unsaturated/α-hetero) is 1. The van der Waals surface area contributed by atoms with Crippen molar-refractivity contribution >= 4 is 17.7 Å². The Morgan fingerprint density at radius 3 is 2.34 bits per heavy atom. The summed E-state index contributed by atoms with van der Waals surface area (Å²) >= 11 is 0. The first kappa shape index (κ1) is 43.0. The molecule has 0 aliphatic carbocycles.